The molecule has 1 aliphatic heterocycles. The van der Waals surface area contributed by atoms with E-state index >= 15 is 0 Å². The van der Waals surface area contributed by atoms with Crippen LogP contribution in [-0.4, -0.2) is 58.6 Å². The maximum atomic E-state index is 12.1. The van der Waals surface area contributed by atoms with Crippen LogP contribution in [0.3, 0.4) is 0 Å². The third kappa shape index (κ3) is 2.24. The van der Waals surface area contributed by atoms with Crippen LogP contribution in [0.1, 0.15) is 12.8 Å². The quantitative estimate of drug-likeness (QED) is 0.708. The van der Waals surface area contributed by atoms with E-state index in [-0.39, 0.29) is 6.03 Å². The lowest BCUT2D eigenvalue weighted by Crippen LogP contribution is -2.48. The highest BCUT2D eigenvalue weighted by Gasteiger charge is 2.25. The van der Waals surface area contributed by atoms with Crippen molar-refractivity contribution in [2.75, 3.05) is 27.2 Å². The topological polar surface area (TPSA) is 41.4 Å². The Bertz CT molecular complexity index is 347. The second-order valence-electron chi connectivity index (χ2n) is 4.46. The summed E-state index contributed by atoms with van der Waals surface area (Å²) >= 11 is 0. The van der Waals surface area contributed by atoms with Crippen molar-refractivity contribution in [2.24, 2.45) is 0 Å². The van der Waals surface area contributed by atoms with Crippen LogP contribution in [-0.2, 0) is 0 Å². The zero-order chi connectivity index (χ0) is 11.5. The Morgan fingerprint density at radius 3 is 2.94 bits per heavy atom. The van der Waals surface area contributed by atoms with Crippen molar-refractivity contribution in [1.82, 2.24) is 19.4 Å². The van der Waals surface area contributed by atoms with Crippen molar-refractivity contribution in [1.29, 1.82) is 0 Å². The van der Waals surface area contributed by atoms with Gasteiger partial charge in [-0.2, -0.15) is 0 Å². The molecule has 1 unspecified atom stereocenters. The smallest absolute Gasteiger partial charge is 0.322 e. The van der Waals surface area contributed by atoms with Crippen LogP contribution in [0.15, 0.2) is 18.7 Å². The van der Waals surface area contributed by atoms with Gasteiger partial charge in [-0.25, -0.2) is 9.78 Å². The Hall–Kier alpha value is -1.36. The number of hydrogen-bond acceptors (Lipinski definition) is 3. The maximum absolute atomic E-state index is 12.1. The van der Waals surface area contributed by atoms with Crippen molar-refractivity contribution in [2.45, 2.75) is 18.9 Å². The summed E-state index contributed by atoms with van der Waals surface area (Å²) in [6.45, 7) is 1.66. The second kappa shape index (κ2) is 4.65. The highest BCUT2D eigenvalue weighted by Crippen LogP contribution is 2.14. The molecule has 0 radical (unpaired) electrons. The SMILES string of the molecule is CN(C)C1CCCN(C(=O)n2ccnc2)C1. The number of amides is 1. The average Bonchev–Trinajstić information content (AvgIpc) is 2.81. The molecule has 1 atom stereocenters. The zero-order valence-electron chi connectivity index (χ0n) is 9.83. The van der Waals surface area contributed by atoms with Crippen LogP contribution >= 0.6 is 0 Å². The number of carbonyl (C=O) groups is 1. The third-order valence-electron chi connectivity index (χ3n) is 3.12. The molecule has 0 aliphatic carbocycles. The number of imidazole rings is 1. The first-order chi connectivity index (χ1) is 7.68. The minimum absolute atomic E-state index is 0.0315. The lowest BCUT2D eigenvalue weighted by Gasteiger charge is -2.35. The van der Waals surface area contributed by atoms with Crippen LogP contribution in [0.2, 0.25) is 0 Å². The molecule has 0 aromatic carbocycles. The molecule has 0 bridgehead atoms. The van der Waals surface area contributed by atoms with Crippen molar-refractivity contribution in [3.8, 4) is 0 Å². The Balaban J connectivity index is 2.02. The van der Waals surface area contributed by atoms with Crippen LogP contribution in [0, 0.1) is 0 Å². The molecule has 5 heteroatoms. The van der Waals surface area contributed by atoms with Gasteiger partial charge in [0.1, 0.15) is 6.33 Å². The van der Waals surface area contributed by atoms with Gasteiger partial charge in [-0.05, 0) is 26.9 Å². The molecule has 0 N–H and O–H groups in total. The maximum Gasteiger partial charge on any atom is 0.329 e. The number of piperidine rings is 1. The molecular weight excluding hydrogens is 204 g/mol. The number of rotatable bonds is 1. The van der Waals surface area contributed by atoms with Gasteiger partial charge in [-0.1, -0.05) is 0 Å². The number of carbonyl (C=O) groups excluding carboxylic acids is 1. The minimum Gasteiger partial charge on any atom is -0.322 e. The fourth-order valence-corrected chi connectivity index (χ4v) is 2.09. The second-order valence-corrected chi connectivity index (χ2v) is 4.46. The van der Waals surface area contributed by atoms with Crippen LogP contribution in [0.25, 0.3) is 0 Å². The number of likely N-dealkylation sites (tertiary alicyclic amines) is 1. The van der Waals surface area contributed by atoms with Gasteiger partial charge in [0.2, 0.25) is 0 Å². The van der Waals surface area contributed by atoms with Crippen molar-refractivity contribution in [3.05, 3.63) is 18.7 Å². The van der Waals surface area contributed by atoms with Gasteiger partial charge < -0.3 is 9.80 Å². The van der Waals surface area contributed by atoms with Gasteiger partial charge in [0.25, 0.3) is 0 Å². The molecule has 5 nitrogen and oxygen atoms in total. The average molecular weight is 222 g/mol. The molecule has 1 aliphatic rings. The molecule has 1 amide bonds. The van der Waals surface area contributed by atoms with E-state index in [4.69, 9.17) is 0 Å². The van der Waals surface area contributed by atoms with Crippen molar-refractivity contribution < 1.29 is 4.79 Å². The first-order valence-electron chi connectivity index (χ1n) is 5.62. The molecule has 2 rings (SSSR count). The Kier molecular flexibility index (Phi) is 3.24. The Morgan fingerprint density at radius 1 is 1.50 bits per heavy atom. The molecule has 0 spiro atoms. The molecule has 16 heavy (non-hydrogen) atoms. The van der Waals surface area contributed by atoms with E-state index in [1.807, 2.05) is 4.90 Å². The largest absolute Gasteiger partial charge is 0.329 e. The Morgan fingerprint density at radius 2 is 2.31 bits per heavy atom. The van der Waals surface area contributed by atoms with Gasteiger partial charge in [0.05, 0.1) is 0 Å². The summed E-state index contributed by atoms with van der Waals surface area (Å²) < 4.78 is 1.54. The van der Waals surface area contributed by atoms with E-state index in [0.717, 1.165) is 19.5 Å². The van der Waals surface area contributed by atoms with E-state index in [1.165, 1.54) is 11.0 Å². The lowest BCUT2D eigenvalue weighted by molar-refractivity contribution is 0.141. The van der Waals surface area contributed by atoms with Gasteiger partial charge in [0.15, 0.2) is 0 Å². The molecule has 1 saturated heterocycles. The number of hydrogen-bond donors (Lipinski definition) is 0. The summed E-state index contributed by atoms with van der Waals surface area (Å²) in [4.78, 5) is 20.0. The fraction of sp³-hybridized carbons (Fsp3) is 0.636. The van der Waals surface area contributed by atoms with Gasteiger partial charge >= 0.3 is 6.03 Å². The molecule has 1 aromatic heterocycles. The highest BCUT2D eigenvalue weighted by molar-refractivity contribution is 5.76. The van der Waals surface area contributed by atoms with Gasteiger partial charge in [0, 0.05) is 31.5 Å². The lowest BCUT2D eigenvalue weighted by atomic mass is 10.1. The number of aromatic nitrogens is 2. The molecule has 1 fully saturated rings. The Labute approximate surface area is 95.7 Å². The van der Waals surface area contributed by atoms with Crippen molar-refractivity contribution >= 4 is 6.03 Å². The standard InChI is InChI=1S/C11H18N4O/c1-13(2)10-4-3-6-14(8-10)11(16)15-7-5-12-9-15/h5,7,9-10H,3-4,6,8H2,1-2H3. The summed E-state index contributed by atoms with van der Waals surface area (Å²) in [6, 6.07) is 0.505. The van der Waals surface area contributed by atoms with E-state index in [0.29, 0.717) is 6.04 Å². The van der Waals surface area contributed by atoms with Crippen LogP contribution < -0.4 is 0 Å². The predicted octanol–water partition coefficient (Wildman–Crippen LogP) is 0.877. The van der Waals surface area contributed by atoms with E-state index in [1.54, 1.807) is 18.7 Å². The molecule has 0 saturated carbocycles. The number of nitrogens with zero attached hydrogens (tertiary/aromatic N) is 4. The summed E-state index contributed by atoms with van der Waals surface area (Å²) in [7, 11) is 4.13. The molecule has 2 heterocycles. The first kappa shape index (κ1) is 11.1. The van der Waals surface area contributed by atoms with E-state index in [9.17, 15) is 4.79 Å². The summed E-state index contributed by atoms with van der Waals surface area (Å²) in [5, 5.41) is 0. The number of likely N-dealkylation sites (N-methyl/N-ethyl adjacent to an activating group) is 1. The minimum atomic E-state index is 0.0315. The van der Waals surface area contributed by atoms with Crippen LogP contribution in [0.5, 0.6) is 0 Å². The molecule has 88 valence electrons. The summed E-state index contributed by atoms with van der Waals surface area (Å²) in [5.41, 5.74) is 0. The first-order valence-corrected chi connectivity index (χ1v) is 5.62. The highest BCUT2D eigenvalue weighted by atomic mass is 16.2. The zero-order valence-corrected chi connectivity index (χ0v) is 9.83. The fourth-order valence-electron chi connectivity index (χ4n) is 2.09. The van der Waals surface area contributed by atoms with Gasteiger partial charge in [-0.15, -0.1) is 0 Å². The van der Waals surface area contributed by atoms with E-state index < -0.39 is 0 Å². The summed E-state index contributed by atoms with van der Waals surface area (Å²) in [5.74, 6) is 0. The monoisotopic (exact) mass is 222 g/mol. The van der Waals surface area contributed by atoms with Crippen LogP contribution in [0.4, 0.5) is 4.79 Å². The molecular formula is C11H18N4O. The third-order valence-corrected chi connectivity index (χ3v) is 3.12. The predicted molar refractivity (Wildman–Crippen MR) is 61.3 cm³/mol. The molecule has 1 aromatic rings. The van der Waals surface area contributed by atoms with E-state index in [2.05, 4.69) is 24.0 Å². The van der Waals surface area contributed by atoms with Gasteiger partial charge in [-0.3, -0.25) is 4.57 Å². The normalized spacial score (nSPS) is 21.4. The summed E-state index contributed by atoms with van der Waals surface area (Å²) in [6.07, 6.45) is 7.12. The van der Waals surface area contributed by atoms with Crippen molar-refractivity contribution in [3.63, 3.8) is 0 Å².